The summed E-state index contributed by atoms with van der Waals surface area (Å²) in [6, 6.07) is 0. The number of nitrogens with zero attached hydrogens (tertiary/aromatic N) is 2. The predicted molar refractivity (Wildman–Crippen MR) is 104 cm³/mol. The van der Waals surface area contributed by atoms with Crippen molar-refractivity contribution in [2.45, 2.75) is 92.2 Å². The van der Waals surface area contributed by atoms with Crippen LogP contribution in [0.15, 0.2) is 18.7 Å². The Morgan fingerprint density at radius 2 is 1.50 bits per heavy atom. The van der Waals surface area contributed by atoms with Gasteiger partial charge in [0.15, 0.2) is 0 Å². The van der Waals surface area contributed by atoms with Crippen molar-refractivity contribution in [1.29, 1.82) is 0 Å². The monoisotopic (exact) mass is 390 g/mol. The lowest BCUT2D eigenvalue weighted by molar-refractivity contribution is -0.693. The van der Waals surface area contributed by atoms with Crippen molar-refractivity contribution in [1.82, 2.24) is 4.57 Å². The molecule has 0 amide bonds. The molecule has 7 heteroatoms. The summed E-state index contributed by atoms with van der Waals surface area (Å²) in [6.07, 6.45) is 15.2. The van der Waals surface area contributed by atoms with Gasteiger partial charge in [-0.1, -0.05) is 46.5 Å². The van der Waals surface area contributed by atoms with Crippen LogP contribution in [0, 0.1) is 0 Å². The molecule has 1 heterocycles. The Balaban J connectivity index is 0.000000481. The first kappa shape index (κ1) is 25.3. The molecule has 6 nitrogen and oxygen atoms in total. The first-order valence-corrected chi connectivity index (χ1v) is 11.6. The smallest absolute Gasteiger partial charge is 0.267 e. The van der Waals surface area contributed by atoms with Gasteiger partial charge < -0.3 is 13.9 Å². The molecule has 0 radical (unpaired) electrons. The summed E-state index contributed by atoms with van der Waals surface area (Å²) in [5, 5.41) is 0. The third-order valence-corrected chi connectivity index (χ3v) is 4.87. The maximum Gasteiger partial charge on any atom is 0.267 e. The maximum atomic E-state index is 11.0. The normalized spacial score (nSPS) is 11.3. The van der Waals surface area contributed by atoms with Crippen LogP contribution in [0.2, 0.25) is 0 Å². The van der Waals surface area contributed by atoms with Crippen LogP contribution in [0.4, 0.5) is 0 Å². The van der Waals surface area contributed by atoms with Gasteiger partial charge in [0.05, 0.1) is 26.3 Å². The second kappa shape index (κ2) is 16.5. The quantitative estimate of drug-likeness (QED) is 0.267. The SMILES string of the molecule is CCCCCCn1cc[n+](CC)c1.CCCCOP(=O)([O-])OCCCC. The standard InChI is InChI=1S/C11H21N2.C8H19O4P/c1-3-5-6-7-8-13-10-9-12(4-2)11-13;1-3-5-7-11-13(9,10)12-8-6-4-2/h9-11H,3-8H2,1-2H3;3-8H2,1-2H3,(H,9,10)/q+1;/p-1. The average molecular weight is 391 g/mol. The van der Waals surface area contributed by atoms with Gasteiger partial charge >= 0.3 is 0 Å². The molecule has 0 saturated carbocycles. The van der Waals surface area contributed by atoms with Crippen LogP contribution in [0.25, 0.3) is 0 Å². The molecule has 1 aromatic rings. The van der Waals surface area contributed by atoms with Crippen molar-refractivity contribution >= 4 is 7.82 Å². The Kier molecular flexibility index (Phi) is 16.1. The third-order valence-electron chi connectivity index (χ3n) is 3.88. The molecule has 1 rings (SSSR count). The van der Waals surface area contributed by atoms with E-state index in [1.165, 1.54) is 32.2 Å². The Labute approximate surface area is 160 Å². The summed E-state index contributed by atoms with van der Waals surface area (Å²) in [4.78, 5) is 11.0. The predicted octanol–water partition coefficient (Wildman–Crippen LogP) is 4.46. The fourth-order valence-electron chi connectivity index (χ4n) is 2.16. The first-order valence-electron chi connectivity index (χ1n) is 10.1. The molecule has 0 saturated heterocycles. The highest BCUT2D eigenvalue weighted by Crippen LogP contribution is 2.38. The van der Waals surface area contributed by atoms with Crippen LogP contribution >= 0.6 is 7.82 Å². The minimum Gasteiger partial charge on any atom is -0.756 e. The minimum atomic E-state index is -4.00. The Morgan fingerprint density at radius 1 is 0.923 bits per heavy atom. The number of aryl methyl sites for hydroxylation is 2. The zero-order chi connectivity index (χ0) is 19.7. The van der Waals surface area contributed by atoms with E-state index in [1.807, 2.05) is 13.8 Å². The second-order valence-corrected chi connectivity index (χ2v) is 7.77. The number of phosphoric ester groups is 1. The van der Waals surface area contributed by atoms with Gasteiger partial charge in [-0.2, -0.15) is 0 Å². The van der Waals surface area contributed by atoms with Crippen LogP contribution in [-0.4, -0.2) is 17.8 Å². The van der Waals surface area contributed by atoms with Crippen LogP contribution in [-0.2, 0) is 26.7 Å². The van der Waals surface area contributed by atoms with E-state index in [0.29, 0.717) is 0 Å². The van der Waals surface area contributed by atoms with Crippen molar-refractivity contribution in [3.05, 3.63) is 18.7 Å². The average Bonchev–Trinajstić information content (AvgIpc) is 3.08. The zero-order valence-corrected chi connectivity index (χ0v) is 18.1. The van der Waals surface area contributed by atoms with Gasteiger partial charge in [0.1, 0.15) is 12.4 Å². The van der Waals surface area contributed by atoms with Gasteiger partial charge in [-0.15, -0.1) is 0 Å². The van der Waals surface area contributed by atoms with Crippen molar-refractivity contribution in [2.24, 2.45) is 0 Å². The van der Waals surface area contributed by atoms with Crippen molar-refractivity contribution in [2.75, 3.05) is 13.2 Å². The number of imidazole rings is 1. The molecule has 0 unspecified atom stereocenters. The van der Waals surface area contributed by atoms with E-state index in [0.717, 1.165) is 32.2 Å². The number of unbranched alkanes of at least 4 members (excludes halogenated alkanes) is 5. The van der Waals surface area contributed by atoms with Crippen LogP contribution in [0.5, 0.6) is 0 Å². The molecule has 0 atom stereocenters. The highest BCUT2D eigenvalue weighted by Gasteiger charge is 2.07. The van der Waals surface area contributed by atoms with Crippen LogP contribution in [0.1, 0.15) is 79.1 Å². The van der Waals surface area contributed by atoms with Gasteiger partial charge in [-0.25, -0.2) is 9.13 Å². The molecule has 0 aliphatic rings. The molecule has 0 aromatic carbocycles. The summed E-state index contributed by atoms with van der Waals surface area (Å²) in [6.45, 7) is 11.1. The van der Waals surface area contributed by atoms with Gasteiger partial charge in [0.2, 0.25) is 6.33 Å². The van der Waals surface area contributed by atoms with E-state index >= 15 is 0 Å². The molecular weight excluding hydrogens is 351 g/mol. The molecule has 0 fully saturated rings. The van der Waals surface area contributed by atoms with Gasteiger partial charge in [-0.05, 0) is 32.6 Å². The molecule has 0 aliphatic carbocycles. The minimum absolute atomic E-state index is 0.226. The molecule has 0 N–H and O–H groups in total. The number of rotatable bonds is 14. The largest absolute Gasteiger partial charge is 0.756 e. The van der Waals surface area contributed by atoms with E-state index in [-0.39, 0.29) is 13.2 Å². The van der Waals surface area contributed by atoms with Gasteiger partial charge in [0.25, 0.3) is 7.82 Å². The number of hydrogen-bond acceptors (Lipinski definition) is 4. The lowest BCUT2D eigenvalue weighted by Gasteiger charge is -2.22. The van der Waals surface area contributed by atoms with Crippen LogP contribution < -0.4 is 9.46 Å². The Bertz CT molecular complexity index is 466. The number of hydrogen-bond donors (Lipinski definition) is 0. The summed E-state index contributed by atoms with van der Waals surface area (Å²) < 4.78 is 24.6. The van der Waals surface area contributed by atoms with Crippen LogP contribution in [0.3, 0.4) is 0 Å². The van der Waals surface area contributed by atoms with E-state index in [4.69, 9.17) is 0 Å². The summed E-state index contributed by atoms with van der Waals surface area (Å²) >= 11 is 0. The zero-order valence-electron chi connectivity index (χ0n) is 17.2. The maximum absolute atomic E-state index is 11.0. The fraction of sp³-hybridized carbons (Fsp3) is 0.842. The topological polar surface area (TPSA) is 67.4 Å². The lowest BCUT2D eigenvalue weighted by atomic mass is 10.2. The first-order chi connectivity index (χ1) is 12.5. The van der Waals surface area contributed by atoms with E-state index in [1.54, 1.807) is 0 Å². The fourth-order valence-corrected chi connectivity index (χ4v) is 2.94. The Hall–Kier alpha value is -0.680. The lowest BCUT2D eigenvalue weighted by Crippen LogP contribution is -2.28. The summed E-state index contributed by atoms with van der Waals surface area (Å²) in [5.74, 6) is 0. The number of aromatic nitrogens is 2. The highest BCUT2D eigenvalue weighted by atomic mass is 31.2. The summed E-state index contributed by atoms with van der Waals surface area (Å²) in [5.41, 5.74) is 0. The molecular formula is C19H39N2O4P. The summed E-state index contributed by atoms with van der Waals surface area (Å²) in [7, 11) is -4.00. The third kappa shape index (κ3) is 14.5. The van der Waals surface area contributed by atoms with E-state index < -0.39 is 7.82 Å². The molecule has 154 valence electrons. The number of phosphoric acid groups is 1. The molecule has 0 bridgehead atoms. The van der Waals surface area contributed by atoms with Crippen molar-refractivity contribution < 1.29 is 23.1 Å². The van der Waals surface area contributed by atoms with E-state index in [9.17, 15) is 9.46 Å². The molecule has 0 spiro atoms. The second-order valence-electron chi connectivity index (χ2n) is 6.36. The highest BCUT2D eigenvalue weighted by molar-refractivity contribution is 7.45. The van der Waals surface area contributed by atoms with Crippen molar-refractivity contribution in [3.63, 3.8) is 0 Å². The molecule has 26 heavy (non-hydrogen) atoms. The Morgan fingerprint density at radius 3 is 1.96 bits per heavy atom. The molecule has 1 aromatic heterocycles. The van der Waals surface area contributed by atoms with Crippen molar-refractivity contribution in [3.8, 4) is 0 Å². The van der Waals surface area contributed by atoms with Gasteiger partial charge in [0, 0.05) is 0 Å². The van der Waals surface area contributed by atoms with Gasteiger partial charge in [-0.3, -0.25) is 4.57 Å². The molecule has 0 aliphatic heterocycles. The van der Waals surface area contributed by atoms with E-state index in [2.05, 4.69) is 50.8 Å².